The van der Waals surface area contributed by atoms with Gasteiger partial charge in [0.25, 0.3) is 0 Å². The summed E-state index contributed by atoms with van der Waals surface area (Å²) in [6.07, 6.45) is -0.962. The van der Waals surface area contributed by atoms with Gasteiger partial charge in [0.1, 0.15) is 11.9 Å². The van der Waals surface area contributed by atoms with E-state index in [0.717, 1.165) is 0 Å². The third kappa shape index (κ3) is 3.62. The molecule has 21 heavy (non-hydrogen) atoms. The molecule has 0 aromatic heterocycles. The molecule has 8 heteroatoms. The number of carbonyl (C=O) groups is 2. The molecule has 1 aromatic rings. The fourth-order valence-electron chi connectivity index (χ4n) is 2.20. The van der Waals surface area contributed by atoms with Crippen molar-refractivity contribution in [3.63, 3.8) is 0 Å². The van der Waals surface area contributed by atoms with Gasteiger partial charge in [0.05, 0.1) is 11.1 Å². The summed E-state index contributed by atoms with van der Waals surface area (Å²) in [7, 11) is 1.57. The summed E-state index contributed by atoms with van der Waals surface area (Å²) in [4.78, 5) is 24.4. The molecule has 0 bridgehead atoms. The lowest BCUT2D eigenvalue weighted by molar-refractivity contribution is -0.120. The van der Waals surface area contributed by atoms with Crippen LogP contribution in [0, 0.1) is 5.82 Å². The van der Waals surface area contributed by atoms with E-state index in [1.165, 1.54) is 23.1 Å². The number of nitrogens with two attached hydrogens (primary N) is 1. The average Bonchev–Trinajstić information content (AvgIpc) is 2.87. The first-order valence-electron chi connectivity index (χ1n) is 6.30. The number of nitrogens with zero attached hydrogens (tertiary/aromatic N) is 1. The van der Waals surface area contributed by atoms with Crippen molar-refractivity contribution < 1.29 is 18.7 Å². The zero-order valence-electron chi connectivity index (χ0n) is 11.3. The van der Waals surface area contributed by atoms with Crippen LogP contribution in [0.5, 0.6) is 0 Å². The highest BCUT2D eigenvalue weighted by Gasteiger charge is 2.33. The molecule has 3 N–H and O–H groups in total. The molecule has 1 saturated heterocycles. The number of ether oxygens (including phenoxy) is 1. The van der Waals surface area contributed by atoms with Crippen LogP contribution in [0.4, 0.5) is 14.9 Å². The number of anilines is 1. The number of rotatable bonds is 3. The van der Waals surface area contributed by atoms with Crippen molar-refractivity contribution in [2.24, 2.45) is 5.73 Å². The number of hydrogen-bond donors (Lipinski definition) is 2. The Hall–Kier alpha value is -1.86. The monoisotopic (exact) mass is 315 g/mol. The normalized spacial score (nSPS) is 21.1. The summed E-state index contributed by atoms with van der Waals surface area (Å²) in [5, 5.41) is 2.90. The summed E-state index contributed by atoms with van der Waals surface area (Å²) in [5.41, 5.74) is 5.42. The van der Waals surface area contributed by atoms with Crippen LogP contribution < -0.4 is 16.0 Å². The zero-order chi connectivity index (χ0) is 15.6. The maximum absolute atomic E-state index is 13.1. The van der Waals surface area contributed by atoms with Gasteiger partial charge in [0, 0.05) is 25.7 Å². The molecule has 114 valence electrons. The molecule has 0 saturated carbocycles. The van der Waals surface area contributed by atoms with Crippen molar-refractivity contribution in [2.75, 3.05) is 18.5 Å². The maximum atomic E-state index is 13.1. The van der Waals surface area contributed by atoms with E-state index in [1.807, 2.05) is 0 Å². The van der Waals surface area contributed by atoms with Crippen molar-refractivity contribution in [3.05, 3.63) is 29.0 Å². The molecule has 0 radical (unpaired) electrons. The van der Waals surface area contributed by atoms with E-state index in [2.05, 4.69) is 5.32 Å². The Bertz CT molecular complexity index is 570. The third-order valence-electron chi connectivity index (χ3n) is 3.29. The molecule has 2 atom stereocenters. The molecule has 2 rings (SSSR count). The van der Waals surface area contributed by atoms with Crippen LogP contribution in [-0.2, 0) is 9.53 Å². The minimum Gasteiger partial charge on any atom is -0.445 e. The predicted molar refractivity (Wildman–Crippen MR) is 75.7 cm³/mol. The number of likely N-dealkylation sites (N-methyl/N-ethyl adjacent to an activating group) is 1. The minimum atomic E-state index is -0.867. The summed E-state index contributed by atoms with van der Waals surface area (Å²) < 4.78 is 18.0. The number of hydrogen-bond acceptors (Lipinski definition) is 4. The SMILES string of the molecule is CN(C(=O)[C@@H]1C[C@H](OC(N)=O)CN1)c1ccc(F)c(Cl)c1. The van der Waals surface area contributed by atoms with Gasteiger partial charge in [-0.25, -0.2) is 9.18 Å². The van der Waals surface area contributed by atoms with Crippen LogP contribution in [0.2, 0.25) is 5.02 Å². The van der Waals surface area contributed by atoms with E-state index in [9.17, 15) is 14.0 Å². The standard InChI is InChI=1S/C13H15ClFN3O3/c1-18(7-2-3-10(15)9(14)4-7)12(19)11-5-8(6-17-11)21-13(16)20/h2-4,8,11,17H,5-6H2,1H3,(H2,16,20)/t8-,11-/m0/s1. The van der Waals surface area contributed by atoms with Gasteiger partial charge in [0.2, 0.25) is 5.91 Å². The van der Waals surface area contributed by atoms with E-state index in [1.54, 1.807) is 7.05 Å². The number of primary amides is 1. The van der Waals surface area contributed by atoms with Crippen molar-refractivity contribution in [3.8, 4) is 0 Å². The quantitative estimate of drug-likeness (QED) is 0.879. The second kappa shape index (κ2) is 6.28. The highest BCUT2D eigenvalue weighted by molar-refractivity contribution is 6.31. The molecule has 0 aliphatic carbocycles. The Kier molecular flexibility index (Phi) is 4.64. The van der Waals surface area contributed by atoms with Crippen LogP contribution in [-0.4, -0.2) is 37.7 Å². The van der Waals surface area contributed by atoms with Gasteiger partial charge in [-0.1, -0.05) is 11.6 Å². The van der Waals surface area contributed by atoms with E-state index in [0.29, 0.717) is 18.7 Å². The maximum Gasteiger partial charge on any atom is 0.404 e. The first kappa shape index (κ1) is 15.5. The largest absolute Gasteiger partial charge is 0.445 e. The molecule has 1 heterocycles. The highest BCUT2D eigenvalue weighted by atomic mass is 35.5. The predicted octanol–water partition coefficient (Wildman–Crippen LogP) is 1.27. The number of halogens is 2. The Labute approximate surface area is 126 Å². The smallest absolute Gasteiger partial charge is 0.404 e. The fourth-order valence-corrected chi connectivity index (χ4v) is 2.37. The highest BCUT2D eigenvalue weighted by Crippen LogP contribution is 2.23. The third-order valence-corrected chi connectivity index (χ3v) is 3.58. The summed E-state index contributed by atoms with van der Waals surface area (Å²) in [6, 6.07) is 3.54. The van der Waals surface area contributed by atoms with E-state index < -0.39 is 24.1 Å². The molecule has 1 aliphatic rings. The topological polar surface area (TPSA) is 84.7 Å². The van der Waals surface area contributed by atoms with Gasteiger partial charge >= 0.3 is 6.09 Å². The molecule has 0 unspecified atom stereocenters. The molecule has 2 amide bonds. The second-order valence-corrected chi connectivity index (χ2v) is 5.16. The Morgan fingerprint density at radius 3 is 2.86 bits per heavy atom. The first-order chi connectivity index (χ1) is 9.88. The van der Waals surface area contributed by atoms with E-state index in [-0.39, 0.29) is 10.9 Å². The summed E-state index contributed by atoms with van der Waals surface area (Å²) in [6.45, 7) is 0.358. The van der Waals surface area contributed by atoms with Gasteiger partial charge < -0.3 is 20.7 Å². The summed E-state index contributed by atoms with van der Waals surface area (Å²) >= 11 is 5.70. The summed E-state index contributed by atoms with van der Waals surface area (Å²) in [5.74, 6) is -0.775. The second-order valence-electron chi connectivity index (χ2n) is 4.75. The Morgan fingerprint density at radius 2 is 2.24 bits per heavy atom. The number of nitrogens with one attached hydrogen (secondary N) is 1. The van der Waals surface area contributed by atoms with Crippen molar-refractivity contribution in [2.45, 2.75) is 18.6 Å². The van der Waals surface area contributed by atoms with Crippen LogP contribution in [0.15, 0.2) is 18.2 Å². The Balaban J connectivity index is 2.03. The lowest BCUT2D eigenvalue weighted by atomic mass is 10.1. The van der Waals surface area contributed by atoms with Crippen molar-refractivity contribution >= 4 is 29.3 Å². The molecule has 6 nitrogen and oxygen atoms in total. The number of benzene rings is 1. The van der Waals surface area contributed by atoms with Gasteiger partial charge in [-0.3, -0.25) is 4.79 Å². The minimum absolute atomic E-state index is 0.0542. The van der Waals surface area contributed by atoms with Crippen LogP contribution in [0.1, 0.15) is 6.42 Å². The average molecular weight is 316 g/mol. The van der Waals surface area contributed by atoms with Crippen LogP contribution in [0.25, 0.3) is 0 Å². The molecule has 0 spiro atoms. The molecule has 1 aromatic carbocycles. The van der Waals surface area contributed by atoms with E-state index in [4.69, 9.17) is 22.1 Å². The Morgan fingerprint density at radius 1 is 1.52 bits per heavy atom. The van der Waals surface area contributed by atoms with Gasteiger partial charge in [-0.15, -0.1) is 0 Å². The number of carbonyl (C=O) groups excluding carboxylic acids is 2. The fraction of sp³-hybridized carbons (Fsp3) is 0.385. The van der Waals surface area contributed by atoms with Gasteiger partial charge in [-0.2, -0.15) is 0 Å². The van der Waals surface area contributed by atoms with Gasteiger partial charge in [-0.05, 0) is 18.2 Å². The van der Waals surface area contributed by atoms with E-state index >= 15 is 0 Å². The molecule has 1 aliphatic heterocycles. The van der Waals surface area contributed by atoms with Crippen LogP contribution >= 0.6 is 11.6 Å². The first-order valence-corrected chi connectivity index (χ1v) is 6.68. The van der Waals surface area contributed by atoms with Crippen molar-refractivity contribution in [1.29, 1.82) is 0 Å². The molecular formula is C13H15ClFN3O3. The van der Waals surface area contributed by atoms with Crippen LogP contribution in [0.3, 0.4) is 0 Å². The molecule has 1 fully saturated rings. The molecular weight excluding hydrogens is 301 g/mol. The number of amides is 2. The van der Waals surface area contributed by atoms with Crippen molar-refractivity contribution in [1.82, 2.24) is 5.32 Å². The zero-order valence-corrected chi connectivity index (χ0v) is 12.1. The lowest BCUT2D eigenvalue weighted by Crippen LogP contribution is -2.41. The van der Waals surface area contributed by atoms with Gasteiger partial charge in [0.15, 0.2) is 0 Å². The lowest BCUT2D eigenvalue weighted by Gasteiger charge is -2.21.